The maximum atomic E-state index is 12.5. The van der Waals surface area contributed by atoms with Crippen molar-refractivity contribution in [1.29, 1.82) is 0 Å². The van der Waals surface area contributed by atoms with Gasteiger partial charge in [-0.05, 0) is 19.1 Å². The SMILES string of the molecule is C[C@@H](O)[C@H]1C(=O)N2C(C(=O)[O-])=C(Sc3nc(-c4ccc(Cn5cc[n+](C)c5)s4)cs3)[C@H](C)[C@H]12. The van der Waals surface area contributed by atoms with Gasteiger partial charge >= 0.3 is 0 Å². The van der Waals surface area contributed by atoms with Crippen molar-refractivity contribution in [3.8, 4) is 10.6 Å². The molecule has 5 rings (SSSR count). The van der Waals surface area contributed by atoms with Crippen LogP contribution in [-0.2, 0) is 23.2 Å². The lowest BCUT2D eigenvalue weighted by atomic mass is 9.79. The molecule has 1 N–H and O–H groups in total. The van der Waals surface area contributed by atoms with Gasteiger partial charge in [-0.25, -0.2) is 14.1 Å². The lowest BCUT2D eigenvalue weighted by Crippen LogP contribution is -2.64. The van der Waals surface area contributed by atoms with Crippen molar-refractivity contribution in [3.63, 3.8) is 0 Å². The molecule has 0 bridgehead atoms. The number of aliphatic carboxylic acids is 1. The van der Waals surface area contributed by atoms with Gasteiger partial charge in [-0.3, -0.25) is 4.79 Å². The topological polar surface area (TPSA) is 102 Å². The molecule has 5 heterocycles. The van der Waals surface area contributed by atoms with E-state index in [1.165, 1.54) is 32.9 Å². The average Bonchev–Trinajstić information content (AvgIpc) is 3.51. The fraction of sp³-hybridized carbons (Fsp3) is 0.364. The number of imidazole rings is 1. The van der Waals surface area contributed by atoms with Gasteiger partial charge in [0.15, 0.2) is 4.34 Å². The molecular formula is C22H22N4O4S3. The van der Waals surface area contributed by atoms with Gasteiger partial charge in [0.2, 0.25) is 12.2 Å². The summed E-state index contributed by atoms with van der Waals surface area (Å²) in [6.07, 6.45) is 5.22. The number of hydrogen-bond acceptors (Lipinski definition) is 8. The maximum Gasteiger partial charge on any atom is 0.243 e. The molecule has 0 aliphatic carbocycles. The molecule has 3 aromatic heterocycles. The Morgan fingerprint density at radius 3 is 2.88 bits per heavy atom. The normalized spacial score (nSPS) is 23.1. The Balaban J connectivity index is 1.36. The van der Waals surface area contributed by atoms with E-state index in [0.717, 1.165) is 17.1 Å². The molecule has 8 nitrogen and oxygen atoms in total. The molecule has 3 aromatic rings. The standard InChI is InChI=1S/C22H22N4O4S3/c1-11-17-16(12(2)27)20(28)26(17)18(21(29)30)19(11)33-22-23-14(9-31-22)15-5-4-13(32-15)8-25-7-6-24(3)10-25/h4-7,9-12,16-17,27H,8H2,1-3H3/t11-,12-,16-,17-/m1/s1. The molecule has 0 unspecified atom stereocenters. The van der Waals surface area contributed by atoms with Crippen molar-refractivity contribution in [2.45, 2.75) is 36.9 Å². The van der Waals surface area contributed by atoms with Gasteiger partial charge < -0.3 is 19.9 Å². The highest BCUT2D eigenvalue weighted by Gasteiger charge is 2.58. The number of aliphatic hydroxyl groups excluding tert-OH is 1. The third kappa shape index (κ3) is 3.82. The number of carbonyl (C=O) groups excluding carboxylic acids is 2. The number of amides is 1. The zero-order chi connectivity index (χ0) is 23.4. The molecule has 172 valence electrons. The van der Waals surface area contributed by atoms with Crippen molar-refractivity contribution in [2.24, 2.45) is 18.9 Å². The number of rotatable bonds is 7. The largest absolute Gasteiger partial charge is 0.543 e. The average molecular weight is 503 g/mol. The monoisotopic (exact) mass is 502 g/mol. The highest BCUT2D eigenvalue weighted by atomic mass is 32.2. The second-order valence-corrected chi connectivity index (χ2v) is 11.7. The number of thiazole rings is 1. The molecule has 33 heavy (non-hydrogen) atoms. The van der Waals surface area contributed by atoms with Gasteiger partial charge in [-0.2, -0.15) is 0 Å². The number of β-lactam (4-membered cyclic amide) rings is 1. The van der Waals surface area contributed by atoms with E-state index in [1.54, 1.807) is 18.3 Å². The van der Waals surface area contributed by atoms with E-state index in [-0.39, 0.29) is 23.6 Å². The first-order chi connectivity index (χ1) is 15.7. The van der Waals surface area contributed by atoms with Crippen LogP contribution in [0.1, 0.15) is 18.7 Å². The van der Waals surface area contributed by atoms with E-state index in [2.05, 4.69) is 16.7 Å². The van der Waals surface area contributed by atoms with Gasteiger partial charge in [-0.15, -0.1) is 22.7 Å². The zero-order valence-corrected chi connectivity index (χ0v) is 20.6. The van der Waals surface area contributed by atoms with Crippen LogP contribution in [0.3, 0.4) is 0 Å². The Morgan fingerprint density at radius 2 is 2.21 bits per heavy atom. The number of aliphatic hydroxyl groups is 1. The minimum absolute atomic E-state index is 0.0885. The highest BCUT2D eigenvalue weighted by molar-refractivity contribution is 8.04. The van der Waals surface area contributed by atoms with Crippen LogP contribution in [0.15, 0.2) is 51.2 Å². The van der Waals surface area contributed by atoms with Crippen molar-refractivity contribution >= 4 is 46.3 Å². The number of carboxylic acids is 1. The van der Waals surface area contributed by atoms with Crippen LogP contribution in [0.2, 0.25) is 0 Å². The molecular weight excluding hydrogens is 480 g/mol. The lowest BCUT2D eigenvalue weighted by molar-refractivity contribution is -0.671. The summed E-state index contributed by atoms with van der Waals surface area (Å²) < 4.78 is 4.82. The summed E-state index contributed by atoms with van der Waals surface area (Å²) >= 11 is 4.39. The van der Waals surface area contributed by atoms with Gasteiger partial charge in [0.05, 0.1) is 47.3 Å². The van der Waals surface area contributed by atoms with Gasteiger partial charge in [0, 0.05) is 21.1 Å². The minimum Gasteiger partial charge on any atom is -0.543 e. The van der Waals surface area contributed by atoms with Crippen LogP contribution in [0.4, 0.5) is 0 Å². The van der Waals surface area contributed by atoms with E-state index < -0.39 is 18.0 Å². The van der Waals surface area contributed by atoms with Crippen LogP contribution in [-0.4, -0.2) is 43.6 Å². The molecule has 0 radical (unpaired) electrons. The number of aromatic nitrogens is 3. The number of fused-ring (bicyclic) bond motifs is 1. The second kappa shape index (κ2) is 8.39. The predicted molar refractivity (Wildman–Crippen MR) is 123 cm³/mol. The predicted octanol–water partition coefficient (Wildman–Crippen LogP) is 1.46. The summed E-state index contributed by atoms with van der Waals surface area (Å²) in [6.45, 7) is 4.24. The number of aryl methyl sites for hydroxylation is 1. The van der Waals surface area contributed by atoms with E-state index in [4.69, 9.17) is 4.98 Å². The van der Waals surface area contributed by atoms with Crippen LogP contribution in [0.25, 0.3) is 10.6 Å². The smallest absolute Gasteiger partial charge is 0.243 e. The number of carbonyl (C=O) groups is 2. The molecule has 1 saturated heterocycles. The highest BCUT2D eigenvalue weighted by Crippen LogP contribution is 2.52. The van der Waals surface area contributed by atoms with Gasteiger partial charge in [-0.1, -0.05) is 18.7 Å². The quantitative estimate of drug-likeness (QED) is 0.388. The zero-order valence-electron chi connectivity index (χ0n) is 18.2. The van der Waals surface area contributed by atoms with E-state index in [0.29, 0.717) is 9.24 Å². The first kappa shape index (κ1) is 22.3. The number of thiophene rings is 1. The summed E-state index contributed by atoms with van der Waals surface area (Å²) in [5, 5.41) is 23.8. The summed E-state index contributed by atoms with van der Waals surface area (Å²) in [5.41, 5.74) is 0.758. The molecule has 11 heteroatoms. The van der Waals surface area contributed by atoms with Gasteiger partial charge in [0.25, 0.3) is 0 Å². The second-order valence-electron chi connectivity index (χ2n) is 8.37. The van der Waals surface area contributed by atoms with Crippen molar-refractivity contribution in [1.82, 2.24) is 14.5 Å². The summed E-state index contributed by atoms with van der Waals surface area (Å²) in [4.78, 5) is 33.2. The molecule has 1 amide bonds. The van der Waals surface area contributed by atoms with Gasteiger partial charge in [0.1, 0.15) is 18.9 Å². The molecule has 1 fully saturated rings. The Hall–Kier alpha value is -2.47. The number of thioether (sulfide) groups is 1. The summed E-state index contributed by atoms with van der Waals surface area (Å²) in [7, 11) is 1.99. The number of carboxylic acid groups (broad SMARTS) is 1. The first-order valence-corrected chi connectivity index (χ1v) is 13.0. The fourth-order valence-electron chi connectivity index (χ4n) is 4.53. The van der Waals surface area contributed by atoms with Crippen LogP contribution in [0.5, 0.6) is 0 Å². The molecule has 0 spiro atoms. The van der Waals surface area contributed by atoms with Crippen LogP contribution < -0.4 is 9.67 Å². The fourth-order valence-corrected chi connectivity index (χ4v) is 7.67. The van der Waals surface area contributed by atoms with Crippen molar-refractivity contribution < 1.29 is 24.4 Å². The van der Waals surface area contributed by atoms with Crippen LogP contribution >= 0.6 is 34.4 Å². The first-order valence-electron chi connectivity index (χ1n) is 10.4. The Kier molecular flexibility index (Phi) is 5.68. The molecule has 0 saturated carbocycles. The maximum absolute atomic E-state index is 12.5. The van der Waals surface area contributed by atoms with E-state index >= 15 is 0 Å². The minimum atomic E-state index is -1.37. The molecule has 2 aliphatic rings. The van der Waals surface area contributed by atoms with Crippen molar-refractivity contribution in [2.75, 3.05) is 0 Å². The lowest BCUT2D eigenvalue weighted by Gasteiger charge is -2.47. The van der Waals surface area contributed by atoms with E-state index in [1.807, 2.05) is 42.6 Å². The third-order valence-electron chi connectivity index (χ3n) is 6.06. The number of hydrogen-bond donors (Lipinski definition) is 1. The Bertz CT molecular complexity index is 1270. The molecule has 0 aromatic carbocycles. The summed E-state index contributed by atoms with van der Waals surface area (Å²) in [5.74, 6) is -2.55. The Morgan fingerprint density at radius 1 is 1.42 bits per heavy atom. The number of nitrogens with zero attached hydrogens (tertiary/aromatic N) is 4. The summed E-state index contributed by atoms with van der Waals surface area (Å²) in [6, 6.07) is 3.78. The molecule has 2 aliphatic heterocycles. The third-order valence-corrected chi connectivity index (χ3v) is 9.37. The van der Waals surface area contributed by atoms with E-state index in [9.17, 15) is 19.8 Å². The van der Waals surface area contributed by atoms with Crippen LogP contribution in [0, 0.1) is 11.8 Å². The van der Waals surface area contributed by atoms with Crippen molar-refractivity contribution in [3.05, 3.63) is 51.7 Å². The molecule has 4 atom stereocenters. The Labute approximate surface area is 202 Å².